The normalized spacial score (nSPS) is 14.3. The Hall–Kier alpha value is 0.270. The third-order valence-corrected chi connectivity index (χ3v) is 4.42. The van der Waals surface area contributed by atoms with Gasteiger partial charge in [0.05, 0.1) is 12.7 Å². The number of rotatable bonds is 16. The van der Waals surface area contributed by atoms with Crippen LogP contribution in [0.2, 0.25) is 0 Å². The summed E-state index contributed by atoms with van der Waals surface area (Å²) in [5, 5.41) is 3.27. The molecule has 0 radical (unpaired) electrons. The topological polar surface area (TPSA) is 50.7 Å². The van der Waals surface area contributed by atoms with Crippen molar-refractivity contribution in [3.8, 4) is 0 Å². The molecule has 128 valence electrons. The minimum absolute atomic E-state index is 0.0919. The van der Waals surface area contributed by atoms with Gasteiger partial charge in [0.1, 0.15) is 0 Å². The zero-order chi connectivity index (χ0) is 15.8. The molecule has 0 fully saturated rings. The lowest BCUT2D eigenvalue weighted by Gasteiger charge is -2.19. The third kappa shape index (κ3) is 15.0. The van der Waals surface area contributed by atoms with E-state index in [2.05, 4.69) is 26.1 Å². The van der Waals surface area contributed by atoms with Crippen molar-refractivity contribution in [2.24, 2.45) is 0 Å². The molecule has 21 heavy (non-hydrogen) atoms. The van der Waals surface area contributed by atoms with Gasteiger partial charge in [0.2, 0.25) is 0 Å². The monoisotopic (exact) mass is 321 g/mol. The summed E-state index contributed by atoms with van der Waals surface area (Å²) in [6, 6.07) is 0. The minimum Gasteiger partial charge on any atom is -0.328 e. The molecular formula is C16H36NO3P. The maximum atomic E-state index is 9.78. The average Bonchev–Trinajstić information content (AvgIpc) is 2.49. The first-order valence-electron chi connectivity index (χ1n) is 8.73. The molecule has 0 saturated carbocycles. The molecule has 0 amide bonds. The zero-order valence-corrected chi connectivity index (χ0v) is 15.2. The van der Waals surface area contributed by atoms with Crippen LogP contribution in [-0.4, -0.2) is 30.7 Å². The van der Waals surface area contributed by atoms with Crippen LogP contribution in [0.1, 0.15) is 78.6 Å². The van der Waals surface area contributed by atoms with Crippen molar-refractivity contribution in [1.82, 2.24) is 5.32 Å². The average molecular weight is 321 g/mol. The van der Waals surface area contributed by atoms with Crippen LogP contribution >= 0.6 is 8.60 Å². The summed E-state index contributed by atoms with van der Waals surface area (Å²) in [4.78, 5) is 9.78. The van der Waals surface area contributed by atoms with Crippen LogP contribution in [0, 0.1) is 0 Å². The highest BCUT2D eigenvalue weighted by molar-refractivity contribution is 7.40. The Morgan fingerprint density at radius 3 is 2.29 bits per heavy atom. The Kier molecular flexibility index (Phi) is 16.9. The smallest absolute Gasteiger partial charge is 0.328 e. The van der Waals surface area contributed by atoms with Crippen LogP contribution in [-0.2, 0) is 9.05 Å². The fraction of sp³-hybridized carbons (Fsp3) is 1.00. The van der Waals surface area contributed by atoms with Crippen molar-refractivity contribution in [3.05, 3.63) is 0 Å². The quantitative estimate of drug-likeness (QED) is 0.318. The lowest BCUT2D eigenvalue weighted by atomic mass is 10.1. The Labute approximate surface area is 133 Å². The van der Waals surface area contributed by atoms with Gasteiger partial charge in [-0.15, -0.1) is 0 Å². The van der Waals surface area contributed by atoms with E-state index in [0.29, 0.717) is 6.61 Å². The van der Waals surface area contributed by atoms with E-state index in [0.717, 1.165) is 32.4 Å². The van der Waals surface area contributed by atoms with E-state index in [9.17, 15) is 4.89 Å². The van der Waals surface area contributed by atoms with E-state index in [1.165, 1.54) is 38.5 Å². The minimum atomic E-state index is -1.70. The summed E-state index contributed by atoms with van der Waals surface area (Å²) < 4.78 is 11.0. The van der Waals surface area contributed by atoms with E-state index in [1.807, 2.05) is 0 Å². The number of unbranched alkanes of at least 4 members (excludes halogenated alkanes) is 6. The van der Waals surface area contributed by atoms with E-state index >= 15 is 0 Å². The van der Waals surface area contributed by atoms with Crippen LogP contribution in [0.25, 0.3) is 0 Å². The molecule has 0 spiro atoms. The second-order valence-electron chi connectivity index (χ2n) is 5.47. The number of hydrogen-bond donors (Lipinski definition) is 2. The van der Waals surface area contributed by atoms with E-state index in [1.54, 1.807) is 0 Å². The van der Waals surface area contributed by atoms with Crippen molar-refractivity contribution in [3.63, 3.8) is 0 Å². The van der Waals surface area contributed by atoms with Crippen molar-refractivity contribution in [2.75, 3.05) is 19.7 Å². The summed E-state index contributed by atoms with van der Waals surface area (Å²) >= 11 is 0. The van der Waals surface area contributed by atoms with Crippen LogP contribution in [0.15, 0.2) is 0 Å². The predicted octanol–water partition coefficient (Wildman–Crippen LogP) is 4.77. The van der Waals surface area contributed by atoms with Crippen molar-refractivity contribution < 1.29 is 13.9 Å². The molecule has 0 aromatic carbocycles. The Morgan fingerprint density at radius 1 is 1.00 bits per heavy atom. The maximum absolute atomic E-state index is 9.78. The van der Waals surface area contributed by atoms with Crippen LogP contribution in [0.5, 0.6) is 0 Å². The van der Waals surface area contributed by atoms with Gasteiger partial charge in [-0.05, 0) is 32.4 Å². The maximum Gasteiger partial charge on any atom is 0.330 e. The molecule has 2 N–H and O–H groups in total. The molecule has 0 saturated heterocycles. The van der Waals surface area contributed by atoms with Gasteiger partial charge >= 0.3 is 8.60 Å². The molecule has 0 bridgehead atoms. The number of nitrogens with one attached hydrogen (secondary N) is 1. The van der Waals surface area contributed by atoms with E-state index in [-0.39, 0.29) is 6.10 Å². The highest BCUT2D eigenvalue weighted by Crippen LogP contribution is 2.36. The van der Waals surface area contributed by atoms with Gasteiger partial charge in [0, 0.05) is 0 Å². The fourth-order valence-electron chi connectivity index (χ4n) is 2.13. The summed E-state index contributed by atoms with van der Waals surface area (Å²) in [5.41, 5.74) is 0. The van der Waals surface area contributed by atoms with Crippen LogP contribution in [0.3, 0.4) is 0 Å². The molecule has 0 aromatic heterocycles. The molecule has 0 heterocycles. The van der Waals surface area contributed by atoms with Crippen LogP contribution in [0.4, 0.5) is 0 Å². The van der Waals surface area contributed by atoms with Gasteiger partial charge in [-0.1, -0.05) is 59.3 Å². The highest BCUT2D eigenvalue weighted by atomic mass is 31.2. The lowest BCUT2D eigenvalue weighted by Crippen LogP contribution is -2.21. The molecule has 2 unspecified atom stereocenters. The second kappa shape index (κ2) is 16.6. The lowest BCUT2D eigenvalue weighted by molar-refractivity contribution is 0.132. The van der Waals surface area contributed by atoms with Crippen molar-refractivity contribution in [2.45, 2.75) is 84.7 Å². The molecule has 0 aliphatic carbocycles. The molecule has 2 atom stereocenters. The summed E-state index contributed by atoms with van der Waals surface area (Å²) in [6.45, 7) is 8.91. The highest BCUT2D eigenvalue weighted by Gasteiger charge is 2.14. The molecule has 0 rings (SSSR count). The molecule has 0 aliphatic rings. The molecule has 5 heteroatoms. The first kappa shape index (κ1) is 21.3. The Bertz CT molecular complexity index is 208. The summed E-state index contributed by atoms with van der Waals surface area (Å²) in [5.74, 6) is 0. The molecular weight excluding hydrogens is 285 g/mol. The predicted molar refractivity (Wildman–Crippen MR) is 91.4 cm³/mol. The van der Waals surface area contributed by atoms with Gasteiger partial charge in [-0.2, -0.15) is 0 Å². The Morgan fingerprint density at radius 2 is 1.67 bits per heavy atom. The van der Waals surface area contributed by atoms with E-state index in [4.69, 9.17) is 9.05 Å². The van der Waals surface area contributed by atoms with Gasteiger partial charge in [-0.3, -0.25) is 0 Å². The van der Waals surface area contributed by atoms with Gasteiger partial charge < -0.3 is 19.3 Å². The molecule has 4 nitrogen and oxygen atoms in total. The first-order chi connectivity index (χ1) is 10.2. The van der Waals surface area contributed by atoms with Gasteiger partial charge in [-0.25, -0.2) is 0 Å². The van der Waals surface area contributed by atoms with Gasteiger partial charge in [0.25, 0.3) is 0 Å². The summed E-state index contributed by atoms with van der Waals surface area (Å²) in [6.07, 6.45) is 10.7. The van der Waals surface area contributed by atoms with Crippen LogP contribution < -0.4 is 5.32 Å². The first-order valence-corrected chi connectivity index (χ1v) is 9.86. The Balaban J connectivity index is 3.44. The largest absolute Gasteiger partial charge is 0.330 e. The van der Waals surface area contributed by atoms with E-state index < -0.39 is 8.60 Å². The molecule has 0 aliphatic heterocycles. The second-order valence-corrected chi connectivity index (χ2v) is 6.41. The van der Waals surface area contributed by atoms with Crippen molar-refractivity contribution >= 4 is 8.60 Å². The number of hydrogen-bond acceptors (Lipinski definition) is 4. The van der Waals surface area contributed by atoms with Crippen molar-refractivity contribution in [1.29, 1.82) is 0 Å². The standard InChI is InChI=1S/C16H36NO3P/c1-4-7-8-9-10-11-12-15-19-21(18)20-16(5-2)13-14-17-6-3/h16-18H,4-15H2,1-3H3. The third-order valence-electron chi connectivity index (χ3n) is 3.54. The SMILES string of the molecule is CCCCCCCCCOP(O)OC(CC)CCNCC. The fourth-order valence-corrected chi connectivity index (χ4v) is 2.99. The zero-order valence-electron chi connectivity index (χ0n) is 14.3. The summed E-state index contributed by atoms with van der Waals surface area (Å²) in [7, 11) is -1.70. The molecule has 0 aromatic rings. The van der Waals surface area contributed by atoms with Gasteiger partial charge in [0.15, 0.2) is 0 Å².